The summed E-state index contributed by atoms with van der Waals surface area (Å²) in [6, 6.07) is 16.5. The number of rotatable bonds is 4. The summed E-state index contributed by atoms with van der Waals surface area (Å²) in [6.07, 6.45) is 1.10. The molecule has 1 aliphatic heterocycles. The summed E-state index contributed by atoms with van der Waals surface area (Å²) in [5, 5.41) is 4.22. The van der Waals surface area contributed by atoms with E-state index in [0.29, 0.717) is 5.56 Å². The second kappa shape index (κ2) is 8.05. The average Bonchev–Trinajstić information content (AvgIpc) is 2.65. The highest BCUT2D eigenvalue weighted by Crippen LogP contribution is 2.20. The van der Waals surface area contributed by atoms with Gasteiger partial charge in [0, 0.05) is 36.3 Å². The number of amides is 1. The van der Waals surface area contributed by atoms with Crippen LogP contribution in [0.25, 0.3) is 0 Å². The summed E-state index contributed by atoms with van der Waals surface area (Å²) in [7, 11) is 0. The molecule has 4 nitrogen and oxygen atoms in total. The average molecular weight is 364 g/mol. The van der Waals surface area contributed by atoms with Crippen molar-refractivity contribution in [3.8, 4) is 0 Å². The zero-order chi connectivity index (χ0) is 19.4. The molecule has 0 saturated heterocycles. The molecule has 0 fully saturated rings. The standard InChI is InChI=1S/C23H29N3O/c1-17(23(2,3)4)24-25-22(27)20-11-9-18(10-12-20)15-26-14-13-19-7-5-6-8-21(19)16-26/h5-12H,13-16H2,1-4H3,(H,25,27)/b24-17-. The van der Waals surface area contributed by atoms with Gasteiger partial charge in [-0.3, -0.25) is 9.69 Å². The van der Waals surface area contributed by atoms with Gasteiger partial charge >= 0.3 is 0 Å². The molecule has 0 saturated carbocycles. The zero-order valence-corrected chi connectivity index (χ0v) is 16.7. The minimum atomic E-state index is -0.169. The highest BCUT2D eigenvalue weighted by atomic mass is 16.2. The van der Waals surface area contributed by atoms with E-state index in [1.807, 2.05) is 31.2 Å². The highest BCUT2D eigenvalue weighted by molar-refractivity contribution is 5.95. The lowest BCUT2D eigenvalue weighted by Gasteiger charge is -2.28. The van der Waals surface area contributed by atoms with Crippen molar-refractivity contribution in [2.24, 2.45) is 10.5 Å². The predicted octanol–water partition coefficient (Wildman–Crippen LogP) is 4.40. The molecule has 3 rings (SSSR count). The van der Waals surface area contributed by atoms with Gasteiger partial charge in [-0.2, -0.15) is 5.10 Å². The van der Waals surface area contributed by atoms with Crippen molar-refractivity contribution in [3.63, 3.8) is 0 Å². The normalized spacial score (nSPS) is 15.3. The molecule has 0 spiro atoms. The minimum absolute atomic E-state index is 0.0514. The summed E-state index contributed by atoms with van der Waals surface area (Å²) in [5.74, 6) is -0.169. The largest absolute Gasteiger partial charge is 0.294 e. The molecule has 142 valence electrons. The Morgan fingerprint density at radius 2 is 1.74 bits per heavy atom. The fourth-order valence-electron chi connectivity index (χ4n) is 3.08. The summed E-state index contributed by atoms with van der Waals surface area (Å²) in [6.45, 7) is 11.1. The van der Waals surface area contributed by atoms with Gasteiger partial charge in [0.05, 0.1) is 0 Å². The fourth-order valence-corrected chi connectivity index (χ4v) is 3.08. The lowest BCUT2D eigenvalue weighted by Crippen LogP contribution is -2.30. The first kappa shape index (κ1) is 19.3. The second-order valence-electron chi connectivity index (χ2n) is 8.31. The van der Waals surface area contributed by atoms with E-state index in [1.165, 1.54) is 16.7 Å². The maximum absolute atomic E-state index is 12.3. The molecular weight excluding hydrogens is 334 g/mol. The van der Waals surface area contributed by atoms with Gasteiger partial charge in [0.2, 0.25) is 0 Å². The molecule has 27 heavy (non-hydrogen) atoms. The third-order valence-electron chi connectivity index (χ3n) is 5.24. The molecule has 2 aromatic carbocycles. The van der Waals surface area contributed by atoms with E-state index in [-0.39, 0.29) is 11.3 Å². The van der Waals surface area contributed by atoms with Gasteiger partial charge in [0.25, 0.3) is 5.91 Å². The van der Waals surface area contributed by atoms with Crippen molar-refractivity contribution >= 4 is 11.6 Å². The first-order valence-corrected chi connectivity index (χ1v) is 9.56. The van der Waals surface area contributed by atoms with Crippen LogP contribution in [0.3, 0.4) is 0 Å². The van der Waals surface area contributed by atoms with Crippen molar-refractivity contribution in [1.29, 1.82) is 0 Å². The molecule has 1 aliphatic rings. The third-order valence-corrected chi connectivity index (χ3v) is 5.24. The van der Waals surface area contributed by atoms with E-state index >= 15 is 0 Å². The quantitative estimate of drug-likeness (QED) is 0.646. The summed E-state index contributed by atoms with van der Waals surface area (Å²) >= 11 is 0. The molecule has 2 aromatic rings. The Labute approximate surface area is 162 Å². The highest BCUT2D eigenvalue weighted by Gasteiger charge is 2.17. The Bertz CT molecular complexity index is 831. The van der Waals surface area contributed by atoms with E-state index in [9.17, 15) is 4.79 Å². The van der Waals surface area contributed by atoms with Crippen LogP contribution in [0.1, 0.15) is 54.7 Å². The van der Waals surface area contributed by atoms with Crippen molar-refractivity contribution in [2.75, 3.05) is 6.54 Å². The number of carbonyl (C=O) groups is 1. The number of nitrogens with one attached hydrogen (secondary N) is 1. The molecule has 0 aromatic heterocycles. The van der Waals surface area contributed by atoms with Gasteiger partial charge in [-0.05, 0) is 42.2 Å². The Hall–Kier alpha value is -2.46. The van der Waals surface area contributed by atoms with Crippen LogP contribution in [0.2, 0.25) is 0 Å². The third kappa shape index (κ3) is 5.04. The Morgan fingerprint density at radius 1 is 1.07 bits per heavy atom. The van der Waals surface area contributed by atoms with Crippen molar-refractivity contribution < 1.29 is 4.79 Å². The predicted molar refractivity (Wildman–Crippen MR) is 111 cm³/mol. The molecule has 1 heterocycles. The Balaban J connectivity index is 1.58. The van der Waals surface area contributed by atoms with Crippen LogP contribution >= 0.6 is 0 Å². The first-order chi connectivity index (χ1) is 12.8. The van der Waals surface area contributed by atoms with Crippen molar-refractivity contribution in [1.82, 2.24) is 10.3 Å². The molecule has 1 N–H and O–H groups in total. The van der Waals surface area contributed by atoms with E-state index in [1.54, 1.807) is 0 Å². The molecular formula is C23H29N3O. The van der Waals surface area contributed by atoms with Crippen molar-refractivity contribution in [2.45, 2.75) is 47.2 Å². The minimum Gasteiger partial charge on any atom is -0.294 e. The van der Waals surface area contributed by atoms with E-state index < -0.39 is 0 Å². The summed E-state index contributed by atoms with van der Waals surface area (Å²) in [4.78, 5) is 14.7. The van der Waals surface area contributed by atoms with Crippen molar-refractivity contribution in [3.05, 3.63) is 70.8 Å². The molecule has 4 heteroatoms. The van der Waals surface area contributed by atoms with E-state index in [2.05, 4.69) is 60.5 Å². The van der Waals surface area contributed by atoms with Crippen LogP contribution in [0, 0.1) is 5.41 Å². The van der Waals surface area contributed by atoms with Crippen LogP contribution in [-0.4, -0.2) is 23.1 Å². The van der Waals surface area contributed by atoms with Gasteiger partial charge in [0.1, 0.15) is 0 Å². The second-order valence-corrected chi connectivity index (χ2v) is 8.31. The smallest absolute Gasteiger partial charge is 0.271 e. The molecule has 0 aliphatic carbocycles. The van der Waals surface area contributed by atoms with Crippen LogP contribution < -0.4 is 5.43 Å². The number of nitrogens with zero attached hydrogens (tertiary/aromatic N) is 2. The molecule has 1 amide bonds. The number of fused-ring (bicyclic) bond motifs is 1. The van der Waals surface area contributed by atoms with E-state index in [4.69, 9.17) is 0 Å². The van der Waals surface area contributed by atoms with Gasteiger partial charge in [-0.25, -0.2) is 5.43 Å². The maximum atomic E-state index is 12.3. The number of hydrogen-bond donors (Lipinski definition) is 1. The topological polar surface area (TPSA) is 44.7 Å². The Kier molecular flexibility index (Phi) is 5.76. The molecule has 0 bridgehead atoms. The Morgan fingerprint density at radius 3 is 2.41 bits per heavy atom. The molecule has 0 atom stereocenters. The lowest BCUT2D eigenvalue weighted by atomic mass is 9.91. The number of hydrogen-bond acceptors (Lipinski definition) is 3. The SMILES string of the molecule is C/C(=N/NC(=O)c1ccc(CN2CCc3ccccc3C2)cc1)C(C)(C)C. The van der Waals surface area contributed by atoms with Gasteiger partial charge < -0.3 is 0 Å². The molecule has 0 radical (unpaired) electrons. The van der Waals surface area contributed by atoms with Crippen LogP contribution in [0.4, 0.5) is 0 Å². The van der Waals surface area contributed by atoms with Gasteiger partial charge in [-0.1, -0.05) is 57.2 Å². The number of hydrazone groups is 1. The van der Waals surface area contributed by atoms with Gasteiger partial charge in [0.15, 0.2) is 0 Å². The van der Waals surface area contributed by atoms with Crippen LogP contribution in [-0.2, 0) is 19.5 Å². The lowest BCUT2D eigenvalue weighted by molar-refractivity contribution is 0.0954. The summed E-state index contributed by atoms with van der Waals surface area (Å²) < 4.78 is 0. The van der Waals surface area contributed by atoms with Crippen LogP contribution in [0.5, 0.6) is 0 Å². The summed E-state index contributed by atoms with van der Waals surface area (Å²) in [5.41, 5.74) is 8.25. The number of carbonyl (C=O) groups excluding carboxylic acids is 1. The monoisotopic (exact) mass is 363 g/mol. The van der Waals surface area contributed by atoms with E-state index in [0.717, 1.165) is 31.8 Å². The first-order valence-electron chi connectivity index (χ1n) is 9.56. The molecule has 0 unspecified atom stereocenters. The fraction of sp³-hybridized carbons (Fsp3) is 0.391. The zero-order valence-electron chi connectivity index (χ0n) is 16.7. The van der Waals surface area contributed by atoms with Crippen LogP contribution in [0.15, 0.2) is 53.6 Å². The number of benzene rings is 2. The van der Waals surface area contributed by atoms with Gasteiger partial charge in [-0.15, -0.1) is 0 Å². The maximum Gasteiger partial charge on any atom is 0.271 e.